The number of carbonyl (C=O) groups excluding carboxylic acids is 1. The molecular weight excluding hydrogens is 460 g/mol. The van der Waals surface area contributed by atoms with Gasteiger partial charge in [0.1, 0.15) is 11.4 Å². The SMILES string of the molecule is CC(C)(C)OC(=O)N(Cc1cccc(N)c1)c1cc(N2CCOCC2)cc(COC2CCCCO2)n1. The highest BCUT2D eigenvalue weighted by Gasteiger charge is 2.26. The zero-order chi connectivity index (χ0) is 25.5. The summed E-state index contributed by atoms with van der Waals surface area (Å²) in [5.41, 5.74) is 8.56. The lowest BCUT2D eigenvalue weighted by Gasteiger charge is -2.31. The molecule has 1 unspecified atom stereocenters. The summed E-state index contributed by atoms with van der Waals surface area (Å²) < 4.78 is 23.1. The van der Waals surface area contributed by atoms with Gasteiger partial charge in [-0.2, -0.15) is 0 Å². The number of morpholine rings is 1. The number of nitrogens with zero attached hydrogens (tertiary/aromatic N) is 3. The lowest BCUT2D eigenvalue weighted by atomic mass is 10.2. The van der Waals surface area contributed by atoms with Gasteiger partial charge in [0.25, 0.3) is 0 Å². The van der Waals surface area contributed by atoms with Gasteiger partial charge in [-0.05, 0) is 63.8 Å². The molecule has 1 amide bonds. The third kappa shape index (κ3) is 7.56. The number of hydrogen-bond acceptors (Lipinski definition) is 8. The van der Waals surface area contributed by atoms with Gasteiger partial charge < -0.3 is 29.6 Å². The molecule has 0 radical (unpaired) electrons. The molecule has 0 spiro atoms. The molecule has 9 heteroatoms. The first-order chi connectivity index (χ1) is 17.3. The predicted molar refractivity (Wildman–Crippen MR) is 139 cm³/mol. The first-order valence-corrected chi connectivity index (χ1v) is 12.7. The van der Waals surface area contributed by atoms with Crippen molar-refractivity contribution in [2.24, 2.45) is 0 Å². The van der Waals surface area contributed by atoms with E-state index in [0.717, 1.165) is 49.3 Å². The van der Waals surface area contributed by atoms with Gasteiger partial charge >= 0.3 is 6.09 Å². The molecule has 2 fully saturated rings. The number of carbonyl (C=O) groups is 1. The highest BCUT2D eigenvalue weighted by molar-refractivity contribution is 5.87. The molecule has 2 aromatic rings. The zero-order valence-electron chi connectivity index (χ0n) is 21.6. The van der Waals surface area contributed by atoms with E-state index in [2.05, 4.69) is 4.90 Å². The summed E-state index contributed by atoms with van der Waals surface area (Å²) in [5.74, 6) is 0.499. The largest absolute Gasteiger partial charge is 0.443 e. The summed E-state index contributed by atoms with van der Waals surface area (Å²) in [4.78, 5) is 22.0. The molecule has 1 aromatic carbocycles. The van der Waals surface area contributed by atoms with Gasteiger partial charge in [-0.15, -0.1) is 0 Å². The monoisotopic (exact) mass is 498 g/mol. The quantitative estimate of drug-likeness (QED) is 0.558. The fourth-order valence-electron chi connectivity index (χ4n) is 4.22. The van der Waals surface area contributed by atoms with E-state index in [-0.39, 0.29) is 19.4 Å². The van der Waals surface area contributed by atoms with Crippen molar-refractivity contribution < 1.29 is 23.7 Å². The van der Waals surface area contributed by atoms with Gasteiger partial charge in [-0.1, -0.05) is 12.1 Å². The van der Waals surface area contributed by atoms with E-state index in [1.54, 1.807) is 4.90 Å². The molecule has 0 aliphatic carbocycles. The molecular formula is C27H38N4O5. The van der Waals surface area contributed by atoms with E-state index in [1.807, 2.05) is 57.2 Å². The lowest BCUT2D eigenvalue weighted by molar-refractivity contribution is -0.169. The van der Waals surface area contributed by atoms with E-state index in [4.69, 9.17) is 29.7 Å². The highest BCUT2D eigenvalue weighted by atomic mass is 16.7. The summed E-state index contributed by atoms with van der Waals surface area (Å²) in [6.07, 6.45) is 2.31. The number of anilines is 3. The smallest absolute Gasteiger partial charge is 0.416 e. The predicted octanol–water partition coefficient (Wildman–Crippen LogP) is 4.49. The number of amides is 1. The first kappa shape index (κ1) is 26.2. The van der Waals surface area contributed by atoms with Crippen molar-refractivity contribution in [3.63, 3.8) is 0 Å². The average Bonchev–Trinajstić information content (AvgIpc) is 2.86. The Bertz CT molecular complexity index is 1010. The van der Waals surface area contributed by atoms with Gasteiger partial charge in [0.2, 0.25) is 0 Å². The van der Waals surface area contributed by atoms with E-state index >= 15 is 0 Å². The molecule has 3 heterocycles. The fourth-order valence-corrected chi connectivity index (χ4v) is 4.22. The van der Waals surface area contributed by atoms with Gasteiger partial charge in [0.05, 0.1) is 32.1 Å². The number of rotatable bonds is 7. The van der Waals surface area contributed by atoms with Crippen LogP contribution in [0.3, 0.4) is 0 Å². The molecule has 1 aromatic heterocycles. The lowest BCUT2D eigenvalue weighted by Crippen LogP contribution is -2.38. The van der Waals surface area contributed by atoms with Crippen LogP contribution in [0.15, 0.2) is 36.4 Å². The molecule has 2 N–H and O–H groups in total. The molecule has 1 atom stereocenters. The second-order valence-electron chi connectivity index (χ2n) is 10.2. The molecule has 4 rings (SSSR count). The van der Waals surface area contributed by atoms with Gasteiger partial charge in [-0.25, -0.2) is 9.78 Å². The zero-order valence-corrected chi connectivity index (χ0v) is 21.6. The molecule has 0 saturated carbocycles. The molecule has 36 heavy (non-hydrogen) atoms. The van der Waals surface area contributed by atoms with Crippen molar-refractivity contribution in [1.82, 2.24) is 4.98 Å². The number of ether oxygens (including phenoxy) is 4. The third-order valence-corrected chi connectivity index (χ3v) is 5.96. The van der Waals surface area contributed by atoms with E-state index in [9.17, 15) is 4.79 Å². The van der Waals surface area contributed by atoms with E-state index in [1.165, 1.54) is 0 Å². The number of nitrogen functional groups attached to an aromatic ring is 1. The van der Waals surface area contributed by atoms with Crippen molar-refractivity contribution in [2.75, 3.05) is 48.4 Å². The molecule has 9 nitrogen and oxygen atoms in total. The van der Waals surface area contributed by atoms with Gasteiger partial charge in [0.15, 0.2) is 6.29 Å². The summed E-state index contributed by atoms with van der Waals surface area (Å²) >= 11 is 0. The molecule has 196 valence electrons. The Hall–Kier alpha value is -2.88. The minimum absolute atomic E-state index is 0.231. The number of benzene rings is 1. The second kappa shape index (κ2) is 11.9. The van der Waals surface area contributed by atoms with Crippen molar-refractivity contribution in [3.8, 4) is 0 Å². The topological polar surface area (TPSA) is 99.4 Å². The maximum absolute atomic E-state index is 13.4. The number of nitrogens with two attached hydrogens (primary N) is 1. The Kier molecular flexibility index (Phi) is 8.66. The standard InChI is InChI=1S/C27H38N4O5/c1-27(2,3)36-26(32)31(18-20-7-6-8-21(28)15-20)24-17-23(30-10-13-33-14-11-30)16-22(29-24)19-35-25-9-4-5-12-34-25/h6-8,15-17,25H,4-5,9-14,18-19,28H2,1-3H3. The Balaban J connectivity index is 1.66. The summed E-state index contributed by atoms with van der Waals surface area (Å²) in [5, 5.41) is 0. The van der Waals surface area contributed by atoms with Crippen LogP contribution in [0.5, 0.6) is 0 Å². The van der Waals surface area contributed by atoms with E-state index in [0.29, 0.717) is 31.3 Å². The van der Waals surface area contributed by atoms with Crippen molar-refractivity contribution in [1.29, 1.82) is 0 Å². The number of hydrogen-bond donors (Lipinski definition) is 1. The molecule has 2 saturated heterocycles. The van der Waals surface area contributed by atoms with Crippen LogP contribution < -0.4 is 15.5 Å². The summed E-state index contributed by atoms with van der Waals surface area (Å²) in [7, 11) is 0. The molecule has 2 aliphatic heterocycles. The third-order valence-electron chi connectivity index (χ3n) is 5.96. The van der Waals surface area contributed by atoms with Crippen LogP contribution in [0, 0.1) is 0 Å². The normalized spacial score (nSPS) is 18.6. The van der Waals surface area contributed by atoms with Crippen molar-refractivity contribution >= 4 is 23.3 Å². The summed E-state index contributed by atoms with van der Waals surface area (Å²) in [6.45, 7) is 9.65. The van der Waals surface area contributed by atoms with Crippen LogP contribution in [-0.4, -0.2) is 55.9 Å². The van der Waals surface area contributed by atoms with Gasteiger partial charge in [0, 0.05) is 37.1 Å². The number of pyridine rings is 1. The molecule has 2 aliphatic rings. The van der Waals surface area contributed by atoms with Crippen LogP contribution in [-0.2, 0) is 32.1 Å². The Morgan fingerprint density at radius 3 is 2.67 bits per heavy atom. The number of aromatic nitrogens is 1. The Labute approximate surface area is 213 Å². The van der Waals surface area contributed by atoms with Crippen molar-refractivity contribution in [3.05, 3.63) is 47.7 Å². The van der Waals surface area contributed by atoms with E-state index < -0.39 is 11.7 Å². The van der Waals surface area contributed by atoms with Crippen molar-refractivity contribution in [2.45, 2.75) is 65.1 Å². The maximum atomic E-state index is 13.4. The van der Waals surface area contributed by atoms with Crippen LogP contribution in [0.2, 0.25) is 0 Å². The molecule has 0 bridgehead atoms. The van der Waals surface area contributed by atoms with Crippen LogP contribution in [0.25, 0.3) is 0 Å². The average molecular weight is 499 g/mol. The minimum Gasteiger partial charge on any atom is -0.443 e. The second-order valence-corrected chi connectivity index (χ2v) is 10.2. The highest BCUT2D eigenvalue weighted by Crippen LogP contribution is 2.27. The Morgan fingerprint density at radius 1 is 1.17 bits per heavy atom. The Morgan fingerprint density at radius 2 is 1.97 bits per heavy atom. The van der Waals surface area contributed by atoms with Crippen LogP contribution in [0.4, 0.5) is 22.0 Å². The minimum atomic E-state index is -0.656. The van der Waals surface area contributed by atoms with Crippen LogP contribution in [0.1, 0.15) is 51.3 Å². The fraction of sp³-hybridized carbons (Fsp3) is 0.556. The first-order valence-electron chi connectivity index (χ1n) is 12.7. The van der Waals surface area contributed by atoms with Crippen LogP contribution >= 0.6 is 0 Å². The maximum Gasteiger partial charge on any atom is 0.416 e. The van der Waals surface area contributed by atoms with Gasteiger partial charge in [-0.3, -0.25) is 4.90 Å². The summed E-state index contributed by atoms with van der Waals surface area (Å²) in [6, 6.07) is 11.4.